The van der Waals surface area contributed by atoms with Crippen LogP contribution in [-0.4, -0.2) is 66.8 Å². The molecule has 2 aliphatic heterocycles. The van der Waals surface area contributed by atoms with Crippen molar-refractivity contribution in [3.8, 4) is 11.5 Å². The van der Waals surface area contributed by atoms with Crippen molar-refractivity contribution in [1.82, 2.24) is 14.7 Å². The van der Waals surface area contributed by atoms with Gasteiger partial charge in [0.05, 0.1) is 37.9 Å². The topological polar surface area (TPSA) is 70.3 Å². The molecule has 1 fully saturated rings. The van der Waals surface area contributed by atoms with Gasteiger partial charge in [0.1, 0.15) is 18.8 Å². The molecule has 150 valence electrons. The number of aryl methyl sites for hydroxylation is 1. The lowest BCUT2D eigenvalue weighted by Gasteiger charge is -2.28. The number of amides is 1. The molecule has 4 rings (SSSR count). The first-order chi connectivity index (χ1) is 13.6. The minimum Gasteiger partial charge on any atom is -0.454 e. The first kappa shape index (κ1) is 19.0. The molecule has 9 heteroatoms. The summed E-state index contributed by atoms with van der Waals surface area (Å²) >= 11 is 6.29. The average molecular weight is 408 g/mol. The van der Waals surface area contributed by atoms with Gasteiger partial charge in [0.2, 0.25) is 6.79 Å². The molecule has 0 atom stereocenters. The molecule has 0 unspecified atom stereocenters. The number of hydrogen-bond donors (Lipinski definition) is 1. The van der Waals surface area contributed by atoms with Gasteiger partial charge in [0.15, 0.2) is 11.5 Å². The van der Waals surface area contributed by atoms with Gasteiger partial charge in [-0.25, -0.2) is 0 Å². The van der Waals surface area contributed by atoms with Crippen LogP contribution in [0.2, 0.25) is 5.02 Å². The van der Waals surface area contributed by atoms with E-state index in [0.29, 0.717) is 40.9 Å². The molecule has 0 bridgehead atoms. The van der Waals surface area contributed by atoms with Gasteiger partial charge in [0, 0.05) is 18.8 Å². The van der Waals surface area contributed by atoms with Crippen molar-refractivity contribution < 1.29 is 23.9 Å². The molecule has 3 heterocycles. The highest BCUT2D eigenvalue weighted by molar-refractivity contribution is 6.31. The number of fused-ring (bicyclic) bond motifs is 1. The fourth-order valence-electron chi connectivity index (χ4n) is 3.46. The number of quaternary nitrogens is 1. The highest BCUT2D eigenvalue weighted by atomic mass is 35.5. The second-order valence-corrected chi connectivity index (χ2v) is 7.41. The molecule has 0 saturated carbocycles. The largest absolute Gasteiger partial charge is 0.454 e. The Balaban J connectivity index is 1.52. The maximum Gasteiger partial charge on any atom is 0.254 e. The molecule has 1 aromatic carbocycles. The highest BCUT2D eigenvalue weighted by Gasteiger charge is 2.24. The van der Waals surface area contributed by atoms with E-state index < -0.39 is 0 Å². The minimum atomic E-state index is -0.0762. The molecular formula is C19H24ClN4O4+. The number of nitrogens with one attached hydrogen (secondary N) is 1. The normalized spacial score (nSPS) is 16.4. The van der Waals surface area contributed by atoms with Gasteiger partial charge < -0.3 is 24.0 Å². The summed E-state index contributed by atoms with van der Waals surface area (Å²) in [4.78, 5) is 16.5. The summed E-state index contributed by atoms with van der Waals surface area (Å²) in [5.41, 5.74) is 1.25. The summed E-state index contributed by atoms with van der Waals surface area (Å²) in [6.45, 7) is 5.43. The molecule has 1 aromatic heterocycles. The van der Waals surface area contributed by atoms with Gasteiger partial charge in [-0.3, -0.25) is 9.48 Å². The third-order valence-corrected chi connectivity index (χ3v) is 5.35. The van der Waals surface area contributed by atoms with Crippen molar-refractivity contribution >= 4 is 17.5 Å². The summed E-state index contributed by atoms with van der Waals surface area (Å²) in [5, 5.41) is 4.96. The van der Waals surface area contributed by atoms with Gasteiger partial charge >= 0.3 is 0 Å². The zero-order valence-electron chi connectivity index (χ0n) is 15.8. The van der Waals surface area contributed by atoms with Crippen molar-refractivity contribution in [2.24, 2.45) is 7.05 Å². The van der Waals surface area contributed by atoms with Crippen LogP contribution in [0.15, 0.2) is 24.4 Å². The van der Waals surface area contributed by atoms with Crippen LogP contribution in [0.3, 0.4) is 0 Å². The summed E-state index contributed by atoms with van der Waals surface area (Å²) in [7, 11) is 1.82. The molecule has 0 aliphatic carbocycles. The molecule has 1 amide bonds. The Bertz CT molecular complexity index is 850. The predicted molar refractivity (Wildman–Crippen MR) is 102 cm³/mol. The van der Waals surface area contributed by atoms with Gasteiger partial charge in [-0.05, 0) is 18.2 Å². The van der Waals surface area contributed by atoms with E-state index in [2.05, 4.69) is 5.10 Å². The van der Waals surface area contributed by atoms with Crippen LogP contribution < -0.4 is 14.4 Å². The van der Waals surface area contributed by atoms with Crippen LogP contribution in [0.5, 0.6) is 11.5 Å². The summed E-state index contributed by atoms with van der Waals surface area (Å²) < 4.78 is 17.8. The highest BCUT2D eigenvalue weighted by Crippen LogP contribution is 2.33. The molecule has 2 aromatic rings. The maximum absolute atomic E-state index is 13.3. The first-order valence-corrected chi connectivity index (χ1v) is 9.76. The second kappa shape index (κ2) is 8.38. The van der Waals surface area contributed by atoms with E-state index >= 15 is 0 Å². The van der Waals surface area contributed by atoms with E-state index in [1.807, 2.05) is 7.05 Å². The van der Waals surface area contributed by atoms with Gasteiger partial charge in [-0.1, -0.05) is 11.6 Å². The number of rotatable bonds is 6. The molecule has 8 nitrogen and oxygen atoms in total. The Morgan fingerprint density at radius 3 is 2.82 bits per heavy atom. The number of morpholine rings is 1. The maximum atomic E-state index is 13.3. The molecule has 28 heavy (non-hydrogen) atoms. The lowest BCUT2D eigenvalue weighted by molar-refractivity contribution is -0.907. The molecule has 0 radical (unpaired) electrons. The van der Waals surface area contributed by atoms with Crippen LogP contribution >= 0.6 is 11.6 Å². The summed E-state index contributed by atoms with van der Waals surface area (Å²) in [5.74, 6) is 1.18. The monoisotopic (exact) mass is 407 g/mol. The summed E-state index contributed by atoms with van der Waals surface area (Å²) in [6, 6.07) is 5.28. The number of benzene rings is 1. The van der Waals surface area contributed by atoms with Crippen molar-refractivity contribution in [3.05, 3.63) is 40.7 Å². The van der Waals surface area contributed by atoms with Crippen LogP contribution in [0.1, 0.15) is 16.1 Å². The number of hydrogen-bond acceptors (Lipinski definition) is 5. The Morgan fingerprint density at radius 2 is 2.07 bits per heavy atom. The Labute approximate surface area is 168 Å². The quantitative estimate of drug-likeness (QED) is 0.748. The molecule has 2 aliphatic rings. The molecule has 1 saturated heterocycles. The third-order valence-electron chi connectivity index (χ3n) is 5.04. The number of carbonyl (C=O) groups is 1. The van der Waals surface area contributed by atoms with E-state index in [1.54, 1.807) is 34.0 Å². The Kier molecular flexibility index (Phi) is 5.70. The molecular weight excluding hydrogens is 384 g/mol. The fraction of sp³-hybridized carbons (Fsp3) is 0.474. The van der Waals surface area contributed by atoms with E-state index in [9.17, 15) is 4.79 Å². The second-order valence-electron chi connectivity index (χ2n) is 7.00. The smallest absolute Gasteiger partial charge is 0.254 e. The molecule has 1 N–H and O–H groups in total. The lowest BCUT2D eigenvalue weighted by atomic mass is 10.1. The van der Waals surface area contributed by atoms with Crippen molar-refractivity contribution in [2.45, 2.75) is 6.54 Å². The van der Waals surface area contributed by atoms with E-state index in [0.717, 1.165) is 32.8 Å². The van der Waals surface area contributed by atoms with Gasteiger partial charge in [-0.15, -0.1) is 0 Å². The number of nitrogens with zero attached hydrogens (tertiary/aromatic N) is 3. The van der Waals surface area contributed by atoms with Crippen molar-refractivity contribution in [2.75, 3.05) is 46.2 Å². The Hall–Kier alpha value is -2.29. The third kappa shape index (κ3) is 4.24. The predicted octanol–water partition coefficient (Wildman–Crippen LogP) is 0.360. The Morgan fingerprint density at radius 1 is 1.29 bits per heavy atom. The fourth-order valence-corrected chi connectivity index (χ4v) is 3.70. The average Bonchev–Trinajstić information content (AvgIpc) is 3.30. The van der Waals surface area contributed by atoms with Gasteiger partial charge in [0.25, 0.3) is 5.91 Å². The lowest BCUT2D eigenvalue weighted by Crippen LogP contribution is -3.14. The van der Waals surface area contributed by atoms with E-state index in [4.69, 9.17) is 25.8 Å². The SMILES string of the molecule is Cn1cc(Cl)c(CN(CC[NH+]2CCOCC2)C(=O)c2ccc3c(c2)OCO3)n1. The van der Waals surface area contributed by atoms with Crippen LogP contribution in [0.4, 0.5) is 0 Å². The number of aromatic nitrogens is 2. The summed E-state index contributed by atoms with van der Waals surface area (Å²) in [6.07, 6.45) is 1.74. The van der Waals surface area contributed by atoms with E-state index in [1.165, 1.54) is 4.90 Å². The van der Waals surface area contributed by atoms with Crippen molar-refractivity contribution in [1.29, 1.82) is 0 Å². The zero-order chi connectivity index (χ0) is 19.5. The standard InChI is InChI=1S/C19H23ClN4O4/c1-22-11-15(20)16(21-22)12-24(5-4-23-6-8-26-9-7-23)19(25)14-2-3-17-18(10-14)28-13-27-17/h2-3,10-11H,4-9,12-13H2,1H3/p+1. The number of ether oxygens (including phenoxy) is 3. The minimum absolute atomic E-state index is 0.0762. The number of carbonyl (C=O) groups excluding carboxylic acids is 1. The van der Waals surface area contributed by atoms with E-state index in [-0.39, 0.29) is 12.7 Å². The van der Waals surface area contributed by atoms with Gasteiger partial charge in [-0.2, -0.15) is 5.10 Å². The van der Waals surface area contributed by atoms with Crippen molar-refractivity contribution in [3.63, 3.8) is 0 Å². The van der Waals surface area contributed by atoms with Crippen LogP contribution in [0.25, 0.3) is 0 Å². The first-order valence-electron chi connectivity index (χ1n) is 9.38. The molecule has 0 spiro atoms. The zero-order valence-corrected chi connectivity index (χ0v) is 16.6. The number of halogens is 1. The van der Waals surface area contributed by atoms with Crippen LogP contribution in [0, 0.1) is 0 Å². The van der Waals surface area contributed by atoms with Crippen LogP contribution in [-0.2, 0) is 18.3 Å².